The first kappa shape index (κ1) is 95.2. The molecular weight excluding hydrogens is 1800 g/mol. The van der Waals surface area contributed by atoms with Crippen molar-refractivity contribution in [3.8, 4) is 23.0 Å². The van der Waals surface area contributed by atoms with Gasteiger partial charge in [-0.05, 0) is 144 Å². The van der Waals surface area contributed by atoms with Crippen molar-refractivity contribution in [1.29, 1.82) is 0 Å². The number of ketones is 3. The highest BCUT2D eigenvalue weighted by Crippen LogP contribution is 2.54. The second kappa shape index (κ2) is 36.2. The second-order valence-corrected chi connectivity index (χ2v) is 38.8. The fraction of sp³-hybridized carbons (Fsp3) is 0.394. The van der Waals surface area contributed by atoms with Crippen LogP contribution in [0.4, 0.5) is 0 Å². The Bertz CT molecular complexity index is 6070. The Morgan fingerprint density at radius 2 is 0.859 bits per heavy atom. The number of Topliss-reactive ketones (excluding diaryl/α,β-unsaturated/α-hetero) is 3. The van der Waals surface area contributed by atoms with Gasteiger partial charge in [-0.3, -0.25) is 62.6 Å². The Morgan fingerprint density at radius 1 is 0.489 bits per heavy atom. The smallest absolute Gasteiger partial charge is 0.375 e. The predicted molar refractivity (Wildman–Crippen MR) is 467 cm³/mol. The van der Waals surface area contributed by atoms with E-state index in [0.29, 0.717) is 60.0 Å². The van der Waals surface area contributed by atoms with E-state index in [4.69, 9.17) is 62.0 Å². The standard InChI is InChI=1S/C47H45N5O14S.C30H25NO9.C17H22N4O6S/c1-25-48-36(50-67-25)35(49-66-45(18-19-45)41(58)64-43(2,3)4)32(53)20-26-24-60-52(37(26)54)46(42(59)65-44(5,6)7)23-31(40(57)63-46)51-38(55)29-21-33-34(22-30(29)39(51)56)62-47(61-33,27-14-10-8-11-15-27)28-16-12-9-13-17-28;1-29(2,3)40-28(37)22(32)16-21(27(35)36)31-25(33)19-14-23-24(15-20(19)26(31)34)39-30(38-23,17-10-6-4-7-11-17)18-12-8-5-9-13-18;1-9-18-13(21-28-9)12(11(22)7-10-8-25-20-14(10)23)19-27-17(5-6-17)15(24)26-16(2,3)4/h8-17,21-22,26,31H,18-20,23-24H2,1-7H3;4-15,21H,16H2,1-3H3,(H,35,36);10H,5-8H2,1-4H3,(H,20,23)/b49-35+;;19-12+/t26-,31-,46?;21-;10-/m000/s1. The van der Waals surface area contributed by atoms with Gasteiger partial charge in [0.15, 0.2) is 57.6 Å². The third kappa shape index (κ3) is 19.6. The lowest BCUT2D eigenvalue weighted by Crippen LogP contribution is -2.57. The third-order valence-electron chi connectivity index (χ3n) is 21.8. The number of hydroxylamine groups is 3. The molecule has 0 radical (unpaired) electrons. The number of carboxylic acids is 1. The Balaban J connectivity index is 0.000000172. The molecule has 3 saturated heterocycles. The number of carboxylic acid groups (broad SMARTS) is 1. The Kier molecular flexibility index (Phi) is 25.5. The topological polar surface area (TPSA) is 494 Å². The number of aromatic nitrogens is 4. The van der Waals surface area contributed by atoms with Crippen LogP contribution in [0.2, 0.25) is 0 Å². The number of imide groups is 2. The summed E-state index contributed by atoms with van der Waals surface area (Å²) in [4.78, 5) is 230. The molecule has 9 aliphatic rings. The van der Waals surface area contributed by atoms with Crippen LogP contribution in [0, 0.1) is 25.7 Å². The second-order valence-electron chi connectivity index (χ2n) is 36.8. The quantitative estimate of drug-likeness (QED) is 0.0127. The van der Waals surface area contributed by atoms with Gasteiger partial charge < -0.3 is 57.4 Å². The number of oxime groups is 2. The van der Waals surface area contributed by atoms with Gasteiger partial charge in [0, 0.05) is 67.2 Å². The fourth-order valence-electron chi connectivity index (χ4n) is 15.1. The first-order valence-corrected chi connectivity index (χ1v) is 44.3. The lowest BCUT2D eigenvalue weighted by Gasteiger charge is -2.35. The number of fused-ring (bicyclic) bond motifs is 4. The van der Waals surface area contributed by atoms with E-state index in [1.807, 2.05) is 121 Å². The molecule has 2 aromatic heterocycles. The van der Waals surface area contributed by atoms with Gasteiger partial charge in [-0.2, -0.15) is 13.8 Å². The summed E-state index contributed by atoms with van der Waals surface area (Å²) in [6, 6.07) is 38.2. The van der Waals surface area contributed by atoms with Gasteiger partial charge >= 0.3 is 53.1 Å². The van der Waals surface area contributed by atoms with Gasteiger partial charge in [0.2, 0.25) is 22.9 Å². The maximum Gasteiger partial charge on any atom is 0.375 e. The number of ether oxygens (including phenoxy) is 9. The molecule has 6 aromatic carbocycles. The first-order valence-electron chi connectivity index (χ1n) is 42.8. The van der Waals surface area contributed by atoms with Crippen LogP contribution in [0.15, 0.2) is 156 Å². The molecule has 2 N–H and O–H groups in total. The molecule has 704 valence electrons. The number of cyclic esters (lactones) is 1. The number of esters is 5. The SMILES string of the molecule is CC(C)(C)OC(=O)C(=O)C[C@@H](C(=O)O)N1C(=O)c2cc3c(cc2C1=O)OC(c1ccccc1)(c1ccccc1)O3.Cc1nc(/C(=N/OC2(C(=O)OC(C)(C)C)CC2)C(=O)C[C@H]2CON(C3(C(=O)OC(C)(C)C)C[C@H](N4C(=O)c5cc6c(cc5C4=O)OC(c4ccccc4)(c4ccccc4)O6)C(=O)O3)C2=O)ns1.Cc1nc(/C(=N/OC2(C(=O)OC(C)(C)C)CC2)C(=O)C[C@H]2CONC2=O)ns1. The number of carbonyl (C=O) groups is 15. The molecule has 8 aromatic rings. The molecule has 7 aliphatic heterocycles. The van der Waals surface area contributed by atoms with E-state index in [1.165, 1.54) is 24.3 Å². The highest BCUT2D eigenvalue weighted by Gasteiger charge is 2.67. The van der Waals surface area contributed by atoms with E-state index in [1.54, 1.807) is 96.9 Å². The maximum absolute atomic E-state index is 14.3. The van der Waals surface area contributed by atoms with Crippen LogP contribution in [-0.4, -0.2) is 203 Å². The van der Waals surface area contributed by atoms with Crippen LogP contribution in [-0.2, 0) is 107 Å². The Labute approximate surface area is 778 Å². The number of amides is 6. The molecule has 17 rings (SSSR count). The van der Waals surface area contributed by atoms with Crippen LogP contribution in [0.1, 0.15) is 220 Å². The van der Waals surface area contributed by atoms with Crippen LogP contribution in [0.3, 0.4) is 0 Å². The average molecular weight is 1890 g/mol. The van der Waals surface area contributed by atoms with Crippen LogP contribution in [0.25, 0.3) is 0 Å². The largest absolute Gasteiger partial charge is 0.480 e. The average Bonchev–Trinajstić information content (AvgIpc) is 1.56. The van der Waals surface area contributed by atoms with Gasteiger partial charge in [-0.25, -0.2) is 44.2 Å². The number of aliphatic carboxylic acids is 1. The normalized spacial score (nSPS) is 20.4. The van der Waals surface area contributed by atoms with Crippen molar-refractivity contribution in [3.05, 3.63) is 212 Å². The molecule has 2 aliphatic carbocycles. The molecule has 135 heavy (non-hydrogen) atoms. The zero-order valence-corrected chi connectivity index (χ0v) is 77.1. The summed E-state index contributed by atoms with van der Waals surface area (Å²) in [5.74, 6) is -18.1. The van der Waals surface area contributed by atoms with Crippen molar-refractivity contribution >= 4 is 123 Å². The maximum atomic E-state index is 14.3. The van der Waals surface area contributed by atoms with Gasteiger partial charge in [0.1, 0.15) is 44.5 Å². The molecule has 0 spiro atoms. The number of hydrogen-bond acceptors (Lipinski definition) is 36. The summed E-state index contributed by atoms with van der Waals surface area (Å²) in [5, 5.41) is 19.4. The lowest BCUT2D eigenvalue weighted by molar-refractivity contribution is -0.263. The van der Waals surface area contributed by atoms with Crippen molar-refractivity contribution in [2.45, 2.75) is 211 Å². The van der Waals surface area contributed by atoms with Crippen molar-refractivity contribution in [1.82, 2.24) is 39.1 Å². The molecule has 5 fully saturated rings. The summed E-state index contributed by atoms with van der Waals surface area (Å²) in [6.45, 7) is 22.7. The number of benzene rings is 6. The molecule has 41 heteroatoms. The van der Waals surface area contributed by atoms with Crippen molar-refractivity contribution in [2.24, 2.45) is 22.1 Å². The van der Waals surface area contributed by atoms with E-state index in [-0.39, 0.29) is 100 Å². The zero-order chi connectivity index (χ0) is 97.2. The number of nitrogens with zero attached hydrogens (tertiary/aromatic N) is 9. The highest BCUT2D eigenvalue weighted by atomic mass is 32.1. The molecular formula is C94H92N10O29S2. The van der Waals surface area contributed by atoms with Gasteiger partial charge in [0.05, 0.1) is 53.7 Å². The van der Waals surface area contributed by atoms with Crippen molar-refractivity contribution < 1.29 is 139 Å². The molecule has 6 amide bonds. The van der Waals surface area contributed by atoms with E-state index in [9.17, 15) is 77.0 Å². The minimum absolute atomic E-state index is 0.0874. The number of nitrogens with one attached hydrogen (secondary N) is 1. The van der Waals surface area contributed by atoms with E-state index >= 15 is 0 Å². The monoisotopic (exact) mass is 1890 g/mol. The minimum Gasteiger partial charge on any atom is -0.480 e. The van der Waals surface area contributed by atoms with E-state index in [0.717, 1.165) is 23.1 Å². The molecule has 39 nitrogen and oxygen atoms in total. The summed E-state index contributed by atoms with van der Waals surface area (Å²) < 4.78 is 61.2. The Morgan fingerprint density at radius 3 is 1.20 bits per heavy atom. The molecule has 9 heterocycles. The number of hydrogen-bond donors (Lipinski definition) is 2. The molecule has 2 saturated carbocycles. The van der Waals surface area contributed by atoms with Gasteiger partial charge in [0.25, 0.3) is 29.5 Å². The minimum atomic E-state index is -2.66. The van der Waals surface area contributed by atoms with E-state index in [2.05, 4.69) is 34.5 Å². The van der Waals surface area contributed by atoms with Crippen molar-refractivity contribution in [3.63, 3.8) is 0 Å². The molecule has 1 unspecified atom stereocenters. The first-order chi connectivity index (χ1) is 63.6. The summed E-state index contributed by atoms with van der Waals surface area (Å²) in [6.07, 6.45) is -0.999. The number of carbonyl (C=O) groups excluding carboxylic acids is 14. The van der Waals surface area contributed by atoms with Crippen LogP contribution in [0.5, 0.6) is 23.0 Å². The van der Waals surface area contributed by atoms with Crippen LogP contribution >= 0.6 is 23.1 Å². The lowest BCUT2D eigenvalue weighted by atomic mass is 9.97. The van der Waals surface area contributed by atoms with Gasteiger partial charge in [-0.15, -0.1) is 0 Å². The highest BCUT2D eigenvalue weighted by molar-refractivity contribution is 7.05. The number of aryl methyl sites for hydroxylation is 2. The Hall–Kier alpha value is -14.5. The predicted octanol–water partition coefficient (Wildman–Crippen LogP) is 9.90. The molecule has 0 bridgehead atoms. The summed E-state index contributed by atoms with van der Waals surface area (Å²) in [5.41, 5.74) is -5.05. The molecule has 5 atom stereocenters. The van der Waals surface area contributed by atoms with Gasteiger partial charge in [-0.1, -0.05) is 132 Å². The summed E-state index contributed by atoms with van der Waals surface area (Å²) in [7, 11) is 0. The van der Waals surface area contributed by atoms with Crippen LogP contribution < -0.4 is 24.4 Å². The fourth-order valence-corrected chi connectivity index (χ4v) is 16.0. The number of rotatable bonds is 26. The van der Waals surface area contributed by atoms with Crippen molar-refractivity contribution in [2.75, 3.05) is 13.2 Å². The zero-order valence-electron chi connectivity index (χ0n) is 75.5. The third-order valence-corrected chi connectivity index (χ3v) is 23.0. The summed E-state index contributed by atoms with van der Waals surface area (Å²) >= 11 is 2.10. The van der Waals surface area contributed by atoms with E-state index < -0.39 is 183 Å².